The van der Waals surface area contributed by atoms with Crippen LogP contribution in [0.1, 0.15) is 31.2 Å². The molecule has 0 aliphatic carbocycles. The number of fused-ring (bicyclic) bond motifs is 1. The molecule has 104 valence electrons. The Morgan fingerprint density at radius 1 is 1.21 bits per heavy atom. The molecule has 0 saturated carbocycles. The van der Waals surface area contributed by atoms with E-state index in [1.54, 1.807) is 7.11 Å². The van der Waals surface area contributed by atoms with Crippen molar-refractivity contribution in [1.29, 1.82) is 0 Å². The maximum Gasteiger partial charge on any atom is 0.0733 e. The van der Waals surface area contributed by atoms with Crippen LogP contribution in [0.3, 0.4) is 0 Å². The van der Waals surface area contributed by atoms with Crippen LogP contribution in [0.15, 0.2) is 24.3 Å². The summed E-state index contributed by atoms with van der Waals surface area (Å²) in [5, 5.41) is 3.77. The molecule has 0 bridgehead atoms. The summed E-state index contributed by atoms with van der Waals surface area (Å²) in [7, 11) is 1.76. The van der Waals surface area contributed by atoms with Gasteiger partial charge in [-0.1, -0.05) is 24.6 Å². The number of rotatable bonds is 4. The van der Waals surface area contributed by atoms with Gasteiger partial charge in [0.25, 0.3) is 0 Å². The summed E-state index contributed by atoms with van der Waals surface area (Å²) in [4.78, 5) is 2.67. The summed E-state index contributed by atoms with van der Waals surface area (Å²) < 4.78 is 5.29. The summed E-state index contributed by atoms with van der Waals surface area (Å²) in [6.07, 6.45) is 5.39. The van der Waals surface area contributed by atoms with Crippen molar-refractivity contribution in [2.45, 2.75) is 44.4 Å². The molecule has 2 unspecified atom stereocenters. The first-order chi connectivity index (χ1) is 9.38. The lowest BCUT2D eigenvalue weighted by Crippen LogP contribution is -2.41. The molecule has 3 heteroatoms. The van der Waals surface area contributed by atoms with Crippen LogP contribution in [0.2, 0.25) is 0 Å². The van der Waals surface area contributed by atoms with E-state index in [0.29, 0.717) is 12.6 Å². The highest BCUT2D eigenvalue weighted by atomic mass is 16.5. The molecule has 2 heterocycles. The summed E-state index contributed by atoms with van der Waals surface area (Å²) >= 11 is 0. The Morgan fingerprint density at radius 3 is 3.00 bits per heavy atom. The van der Waals surface area contributed by atoms with Crippen LogP contribution in [-0.4, -0.2) is 37.2 Å². The molecule has 19 heavy (non-hydrogen) atoms. The fourth-order valence-corrected chi connectivity index (χ4v) is 3.56. The molecule has 0 spiro atoms. The third-order valence-electron chi connectivity index (χ3n) is 4.51. The van der Waals surface area contributed by atoms with E-state index < -0.39 is 0 Å². The smallest absolute Gasteiger partial charge is 0.0733 e. The molecular formula is C16H24N2O. The second-order valence-electron chi connectivity index (χ2n) is 5.73. The molecule has 2 aliphatic rings. The van der Waals surface area contributed by atoms with Gasteiger partial charge in [0.2, 0.25) is 0 Å². The van der Waals surface area contributed by atoms with Crippen LogP contribution < -0.4 is 5.32 Å². The Morgan fingerprint density at radius 2 is 2.11 bits per heavy atom. The number of ether oxygens (including phenoxy) is 1. The quantitative estimate of drug-likeness (QED) is 0.901. The number of hydrogen-bond acceptors (Lipinski definition) is 3. The van der Waals surface area contributed by atoms with Gasteiger partial charge in [0.1, 0.15) is 0 Å². The maximum atomic E-state index is 5.29. The predicted molar refractivity (Wildman–Crippen MR) is 78.4 cm³/mol. The molecule has 0 aromatic heterocycles. The number of nitrogens with one attached hydrogen (secondary N) is 1. The van der Waals surface area contributed by atoms with Crippen molar-refractivity contribution in [2.75, 3.05) is 25.5 Å². The van der Waals surface area contributed by atoms with Gasteiger partial charge >= 0.3 is 0 Å². The van der Waals surface area contributed by atoms with Gasteiger partial charge in [-0.3, -0.25) is 4.90 Å². The molecule has 2 fully saturated rings. The van der Waals surface area contributed by atoms with E-state index in [1.807, 2.05) is 0 Å². The third-order valence-corrected chi connectivity index (χ3v) is 4.51. The van der Waals surface area contributed by atoms with Gasteiger partial charge in [-0.2, -0.15) is 0 Å². The summed E-state index contributed by atoms with van der Waals surface area (Å²) in [5.41, 5.74) is 2.51. The van der Waals surface area contributed by atoms with E-state index in [9.17, 15) is 0 Å². The van der Waals surface area contributed by atoms with E-state index >= 15 is 0 Å². The second-order valence-corrected chi connectivity index (χ2v) is 5.73. The van der Waals surface area contributed by atoms with Crippen molar-refractivity contribution in [3.05, 3.63) is 29.8 Å². The van der Waals surface area contributed by atoms with Gasteiger partial charge < -0.3 is 10.1 Å². The van der Waals surface area contributed by atoms with E-state index in [2.05, 4.69) is 34.5 Å². The Bertz CT molecular complexity index is 421. The van der Waals surface area contributed by atoms with Crippen molar-refractivity contribution >= 4 is 5.69 Å². The number of para-hydroxylation sites is 1. The highest BCUT2D eigenvalue weighted by molar-refractivity contribution is 5.52. The van der Waals surface area contributed by atoms with Gasteiger partial charge in [-0.05, 0) is 31.9 Å². The first-order valence-electron chi connectivity index (χ1n) is 7.46. The van der Waals surface area contributed by atoms with Crippen LogP contribution in [0.5, 0.6) is 0 Å². The molecule has 1 aromatic rings. The van der Waals surface area contributed by atoms with Crippen molar-refractivity contribution in [1.82, 2.24) is 4.90 Å². The minimum Gasteiger partial charge on any atom is -0.380 e. The Kier molecular flexibility index (Phi) is 4.04. The van der Waals surface area contributed by atoms with Gasteiger partial charge in [0.15, 0.2) is 0 Å². The largest absolute Gasteiger partial charge is 0.380 e. The maximum absolute atomic E-state index is 5.29. The molecule has 1 aromatic carbocycles. The third kappa shape index (κ3) is 2.77. The van der Waals surface area contributed by atoms with Crippen molar-refractivity contribution < 1.29 is 4.74 Å². The molecule has 0 radical (unpaired) electrons. The molecule has 3 nitrogen and oxygen atoms in total. The first-order valence-corrected chi connectivity index (χ1v) is 7.46. The topological polar surface area (TPSA) is 24.5 Å². The fraction of sp³-hybridized carbons (Fsp3) is 0.625. The van der Waals surface area contributed by atoms with Gasteiger partial charge in [-0.25, -0.2) is 0 Å². The van der Waals surface area contributed by atoms with Crippen LogP contribution >= 0.6 is 0 Å². The zero-order valence-electron chi connectivity index (χ0n) is 11.8. The summed E-state index contributed by atoms with van der Waals surface area (Å²) in [6.45, 7) is 3.24. The minimum absolute atomic E-state index is 0.610. The summed E-state index contributed by atoms with van der Waals surface area (Å²) in [5.74, 6) is 0. The van der Waals surface area contributed by atoms with E-state index in [1.165, 1.54) is 50.0 Å². The molecule has 2 saturated heterocycles. The molecule has 3 rings (SSSR count). The normalized spacial score (nSPS) is 27.2. The van der Waals surface area contributed by atoms with Crippen molar-refractivity contribution in [3.63, 3.8) is 0 Å². The van der Waals surface area contributed by atoms with Crippen molar-refractivity contribution in [2.24, 2.45) is 0 Å². The highest BCUT2D eigenvalue weighted by Gasteiger charge is 2.35. The lowest BCUT2D eigenvalue weighted by Gasteiger charge is -2.33. The Balaban J connectivity index is 1.71. The molecule has 2 atom stereocenters. The van der Waals surface area contributed by atoms with Crippen LogP contribution in [0, 0.1) is 0 Å². The average Bonchev–Trinajstić information content (AvgIpc) is 2.85. The number of benzene rings is 1. The van der Waals surface area contributed by atoms with E-state index in [0.717, 1.165) is 6.04 Å². The predicted octanol–water partition coefficient (Wildman–Crippen LogP) is 2.87. The number of piperidine rings is 1. The Hall–Kier alpha value is -1.06. The molecule has 2 aliphatic heterocycles. The Labute approximate surface area is 115 Å². The fourth-order valence-electron chi connectivity index (χ4n) is 3.56. The van der Waals surface area contributed by atoms with Gasteiger partial charge in [0.05, 0.1) is 6.61 Å². The van der Waals surface area contributed by atoms with E-state index in [4.69, 9.17) is 4.74 Å². The molecular weight excluding hydrogens is 236 g/mol. The SMILES string of the molecule is COCc1ccccc1NC1CCN2CCCCC12. The lowest BCUT2D eigenvalue weighted by atomic mass is 9.98. The summed E-state index contributed by atoms with van der Waals surface area (Å²) in [6, 6.07) is 9.87. The number of hydrogen-bond donors (Lipinski definition) is 1. The molecule has 1 N–H and O–H groups in total. The molecule has 0 amide bonds. The second kappa shape index (κ2) is 5.93. The number of nitrogens with zero attached hydrogens (tertiary/aromatic N) is 1. The number of anilines is 1. The zero-order valence-corrected chi connectivity index (χ0v) is 11.8. The van der Waals surface area contributed by atoms with E-state index in [-0.39, 0.29) is 0 Å². The zero-order chi connectivity index (χ0) is 13.1. The van der Waals surface area contributed by atoms with Gasteiger partial charge in [0, 0.05) is 37.0 Å². The standard InChI is InChI=1S/C16H24N2O/c1-19-12-13-6-2-3-7-14(13)17-15-9-11-18-10-5-4-8-16(15)18/h2-3,6-7,15-17H,4-5,8-12H2,1H3. The minimum atomic E-state index is 0.610. The van der Waals surface area contributed by atoms with Crippen LogP contribution in [-0.2, 0) is 11.3 Å². The van der Waals surface area contributed by atoms with Crippen LogP contribution in [0.25, 0.3) is 0 Å². The first kappa shape index (κ1) is 12.9. The van der Waals surface area contributed by atoms with Crippen molar-refractivity contribution in [3.8, 4) is 0 Å². The van der Waals surface area contributed by atoms with Gasteiger partial charge in [-0.15, -0.1) is 0 Å². The number of methoxy groups -OCH3 is 1. The monoisotopic (exact) mass is 260 g/mol. The highest BCUT2D eigenvalue weighted by Crippen LogP contribution is 2.30. The van der Waals surface area contributed by atoms with Crippen LogP contribution in [0.4, 0.5) is 5.69 Å². The average molecular weight is 260 g/mol. The lowest BCUT2D eigenvalue weighted by molar-refractivity contribution is 0.184.